The maximum Gasteiger partial charge on any atom is 0.248 e. The fourth-order valence-corrected chi connectivity index (χ4v) is 4.02. The summed E-state index contributed by atoms with van der Waals surface area (Å²) in [4.78, 5) is 0. The first-order chi connectivity index (χ1) is 17.4. The third-order valence-corrected chi connectivity index (χ3v) is 5.77. The molecule has 0 spiro atoms. The molecule has 0 atom stereocenters. The van der Waals surface area contributed by atoms with Gasteiger partial charge in [0.2, 0.25) is 11.8 Å². The van der Waals surface area contributed by atoms with E-state index in [-0.39, 0.29) is 0 Å². The van der Waals surface area contributed by atoms with Crippen LogP contribution < -0.4 is 0 Å². The van der Waals surface area contributed by atoms with Crippen LogP contribution in [0.5, 0.6) is 0 Å². The zero-order chi connectivity index (χ0) is 23.5. The van der Waals surface area contributed by atoms with Crippen molar-refractivity contribution in [3.8, 4) is 40.0 Å². The van der Waals surface area contributed by atoms with Crippen molar-refractivity contribution < 1.29 is 4.42 Å². The molecule has 6 rings (SSSR count). The molecule has 0 bridgehead atoms. The molecule has 2 heterocycles. The van der Waals surface area contributed by atoms with Crippen molar-refractivity contribution >= 4 is 5.57 Å². The molecular formula is C29H21N5O. The normalized spacial score (nSPS) is 13.0. The summed E-state index contributed by atoms with van der Waals surface area (Å²) in [6, 6.07) is 27.9. The highest BCUT2D eigenvalue weighted by molar-refractivity contribution is 5.75. The maximum absolute atomic E-state index is 5.91. The first kappa shape index (κ1) is 20.7. The second-order valence-corrected chi connectivity index (χ2v) is 8.06. The Morgan fingerprint density at radius 1 is 0.600 bits per heavy atom. The summed E-state index contributed by atoms with van der Waals surface area (Å²) in [6.07, 6.45) is 11.3. The van der Waals surface area contributed by atoms with E-state index in [0.717, 1.165) is 46.0 Å². The van der Waals surface area contributed by atoms with Gasteiger partial charge in [-0.25, -0.2) is 0 Å². The fraction of sp³-hybridized carbons (Fsp3) is 0.0345. The Bertz CT molecular complexity index is 1540. The monoisotopic (exact) mass is 455 g/mol. The van der Waals surface area contributed by atoms with Crippen molar-refractivity contribution in [2.75, 3.05) is 0 Å². The van der Waals surface area contributed by atoms with Crippen molar-refractivity contribution in [1.82, 2.24) is 25.0 Å². The minimum atomic E-state index is 0.474. The minimum absolute atomic E-state index is 0.474. The first-order valence-corrected chi connectivity index (χ1v) is 11.4. The SMILES string of the molecule is C1=CCC=C(c2nnc(-c3ccc(-c4nnc(-c5ccccc5)o4)cc3)n2-c2ccccc2)C=C1. The molecule has 0 fully saturated rings. The van der Waals surface area contributed by atoms with Gasteiger partial charge in [0.15, 0.2) is 11.6 Å². The number of allylic oxidation sites excluding steroid dienone is 6. The van der Waals surface area contributed by atoms with E-state index in [1.165, 1.54) is 0 Å². The Morgan fingerprint density at radius 2 is 1.23 bits per heavy atom. The lowest BCUT2D eigenvalue weighted by atomic mass is 10.1. The largest absolute Gasteiger partial charge is 0.416 e. The fourth-order valence-electron chi connectivity index (χ4n) is 4.02. The van der Waals surface area contributed by atoms with E-state index in [4.69, 9.17) is 4.42 Å². The summed E-state index contributed by atoms with van der Waals surface area (Å²) in [6.45, 7) is 0. The lowest BCUT2D eigenvalue weighted by Gasteiger charge is -2.11. The van der Waals surface area contributed by atoms with Gasteiger partial charge < -0.3 is 4.42 Å². The molecule has 0 radical (unpaired) electrons. The van der Waals surface area contributed by atoms with Crippen LogP contribution in [0.2, 0.25) is 0 Å². The highest BCUT2D eigenvalue weighted by Crippen LogP contribution is 2.30. The van der Waals surface area contributed by atoms with Crippen LogP contribution in [0.25, 0.3) is 45.6 Å². The van der Waals surface area contributed by atoms with Gasteiger partial charge >= 0.3 is 0 Å². The molecule has 6 heteroatoms. The van der Waals surface area contributed by atoms with Crippen LogP contribution >= 0.6 is 0 Å². The molecular weight excluding hydrogens is 434 g/mol. The van der Waals surface area contributed by atoms with Crippen LogP contribution in [0.1, 0.15) is 12.2 Å². The Morgan fingerprint density at radius 3 is 1.97 bits per heavy atom. The molecule has 2 aromatic heterocycles. The van der Waals surface area contributed by atoms with Gasteiger partial charge in [-0.15, -0.1) is 20.4 Å². The van der Waals surface area contributed by atoms with Crippen LogP contribution in [-0.4, -0.2) is 25.0 Å². The lowest BCUT2D eigenvalue weighted by Crippen LogP contribution is -2.02. The molecule has 0 unspecified atom stereocenters. The molecule has 1 aliphatic carbocycles. The Hall–Kier alpha value is -4.84. The molecule has 0 N–H and O–H groups in total. The van der Waals surface area contributed by atoms with E-state index >= 15 is 0 Å². The predicted molar refractivity (Wildman–Crippen MR) is 136 cm³/mol. The van der Waals surface area contributed by atoms with Crippen molar-refractivity contribution in [2.45, 2.75) is 6.42 Å². The topological polar surface area (TPSA) is 69.6 Å². The van der Waals surface area contributed by atoms with Crippen molar-refractivity contribution in [3.63, 3.8) is 0 Å². The molecule has 6 nitrogen and oxygen atoms in total. The molecule has 3 aromatic carbocycles. The molecule has 0 saturated heterocycles. The summed E-state index contributed by atoms with van der Waals surface area (Å²) < 4.78 is 8.01. The number of para-hydroxylation sites is 1. The predicted octanol–water partition coefficient (Wildman–Crippen LogP) is 6.55. The number of hydrogen-bond acceptors (Lipinski definition) is 5. The number of hydrogen-bond donors (Lipinski definition) is 0. The second kappa shape index (κ2) is 9.19. The van der Waals surface area contributed by atoms with E-state index in [1.54, 1.807) is 0 Å². The Labute approximate surface area is 202 Å². The van der Waals surface area contributed by atoms with Gasteiger partial charge in [0.1, 0.15) is 0 Å². The van der Waals surface area contributed by atoms with Gasteiger partial charge in [0, 0.05) is 28.0 Å². The average Bonchev–Trinajstić information content (AvgIpc) is 3.51. The van der Waals surface area contributed by atoms with E-state index in [9.17, 15) is 0 Å². The van der Waals surface area contributed by atoms with Crippen LogP contribution in [0.15, 0.2) is 120 Å². The molecule has 168 valence electrons. The highest BCUT2D eigenvalue weighted by atomic mass is 16.4. The molecule has 0 amide bonds. The second-order valence-electron chi connectivity index (χ2n) is 8.06. The summed E-state index contributed by atoms with van der Waals surface area (Å²) in [5, 5.41) is 17.6. The molecule has 5 aromatic rings. The lowest BCUT2D eigenvalue weighted by molar-refractivity contribution is 0.584. The molecule has 0 aliphatic heterocycles. The van der Waals surface area contributed by atoms with Crippen molar-refractivity contribution in [2.24, 2.45) is 0 Å². The zero-order valence-electron chi connectivity index (χ0n) is 18.8. The van der Waals surface area contributed by atoms with E-state index in [0.29, 0.717) is 11.8 Å². The first-order valence-electron chi connectivity index (χ1n) is 11.4. The average molecular weight is 456 g/mol. The number of benzene rings is 3. The van der Waals surface area contributed by atoms with Crippen molar-refractivity contribution in [3.05, 3.63) is 121 Å². The quantitative estimate of drug-likeness (QED) is 0.300. The summed E-state index contributed by atoms with van der Waals surface area (Å²) in [7, 11) is 0. The molecule has 0 saturated carbocycles. The van der Waals surface area contributed by atoms with Gasteiger partial charge in [-0.05, 0) is 42.8 Å². The summed E-state index contributed by atoms with van der Waals surface area (Å²) in [5.74, 6) is 2.54. The zero-order valence-corrected chi connectivity index (χ0v) is 18.8. The molecule has 35 heavy (non-hydrogen) atoms. The third kappa shape index (κ3) is 4.13. The van der Waals surface area contributed by atoms with Crippen molar-refractivity contribution in [1.29, 1.82) is 0 Å². The van der Waals surface area contributed by atoms with Gasteiger partial charge in [-0.2, -0.15) is 0 Å². The summed E-state index contributed by atoms with van der Waals surface area (Å²) >= 11 is 0. The Balaban J connectivity index is 1.38. The number of rotatable bonds is 5. The van der Waals surface area contributed by atoms with E-state index < -0.39 is 0 Å². The highest BCUT2D eigenvalue weighted by Gasteiger charge is 2.18. The van der Waals surface area contributed by atoms with Gasteiger partial charge in [0.05, 0.1) is 0 Å². The van der Waals surface area contributed by atoms with Gasteiger partial charge in [-0.3, -0.25) is 4.57 Å². The number of aromatic nitrogens is 5. The summed E-state index contributed by atoms with van der Waals surface area (Å²) in [5.41, 5.74) is 4.71. The van der Waals surface area contributed by atoms with E-state index in [2.05, 4.69) is 55.3 Å². The smallest absolute Gasteiger partial charge is 0.248 e. The van der Waals surface area contributed by atoms with Crippen LogP contribution in [-0.2, 0) is 0 Å². The third-order valence-electron chi connectivity index (χ3n) is 5.77. The van der Waals surface area contributed by atoms with E-state index in [1.807, 2.05) is 84.9 Å². The van der Waals surface area contributed by atoms with Crippen LogP contribution in [0.4, 0.5) is 0 Å². The standard InChI is InChI=1S/C29H21N5O/c1-2-6-12-21(11-5-1)26-30-31-27(34(26)25-15-9-4-10-16-25)22-17-19-24(20-18-22)29-33-32-28(35-29)23-13-7-3-8-14-23/h1-5,7-20H,6H2. The van der Waals surface area contributed by atoms with Crippen LogP contribution in [0.3, 0.4) is 0 Å². The van der Waals surface area contributed by atoms with Gasteiger partial charge in [0.25, 0.3) is 0 Å². The maximum atomic E-state index is 5.91. The minimum Gasteiger partial charge on any atom is -0.416 e. The Kier molecular flexibility index (Phi) is 5.45. The number of nitrogens with zero attached hydrogens (tertiary/aromatic N) is 5. The van der Waals surface area contributed by atoms with Gasteiger partial charge in [-0.1, -0.05) is 78.9 Å². The van der Waals surface area contributed by atoms with Crippen LogP contribution in [0, 0.1) is 0 Å². The molecule has 1 aliphatic rings.